The average Bonchev–Trinajstić information content (AvgIpc) is 3.22. The van der Waals surface area contributed by atoms with Crippen LogP contribution in [0.15, 0.2) is 30.3 Å². The average molecular weight is 406 g/mol. The largest absolute Gasteiger partial charge is 0.461 e. The number of benzene rings is 1. The van der Waals surface area contributed by atoms with Gasteiger partial charge in [0.05, 0.1) is 5.92 Å². The summed E-state index contributed by atoms with van der Waals surface area (Å²) in [7, 11) is 0. The predicted molar refractivity (Wildman–Crippen MR) is 105 cm³/mol. The second-order valence-corrected chi connectivity index (χ2v) is 7.85. The molecule has 0 aliphatic heterocycles. The normalized spacial score (nSPS) is 17.4. The minimum Gasteiger partial charge on any atom is -0.461 e. The maximum absolute atomic E-state index is 12.9. The number of hydroxylamine groups is 1. The Kier molecular flexibility index (Phi) is 8.60. The van der Waals surface area contributed by atoms with Crippen molar-refractivity contribution in [2.45, 2.75) is 64.2 Å². The minimum absolute atomic E-state index is 0.00694. The monoisotopic (exact) mass is 406 g/mol. The Morgan fingerprint density at radius 3 is 2.28 bits per heavy atom. The molecule has 0 bridgehead atoms. The summed E-state index contributed by atoms with van der Waals surface area (Å²) in [5, 5.41) is 21.6. The third kappa shape index (κ3) is 6.54. The lowest BCUT2D eigenvalue weighted by Crippen LogP contribution is -2.47. The molecule has 1 aliphatic rings. The van der Waals surface area contributed by atoms with Crippen LogP contribution in [0.2, 0.25) is 0 Å². The van der Waals surface area contributed by atoms with Crippen molar-refractivity contribution >= 4 is 17.8 Å². The van der Waals surface area contributed by atoms with Gasteiger partial charge in [-0.05, 0) is 43.6 Å². The van der Waals surface area contributed by atoms with E-state index in [0.717, 1.165) is 25.7 Å². The van der Waals surface area contributed by atoms with Crippen LogP contribution in [0.1, 0.15) is 57.6 Å². The van der Waals surface area contributed by atoms with Gasteiger partial charge in [0, 0.05) is 0 Å². The molecule has 0 spiro atoms. The number of hydrogen-bond donors (Lipinski definition) is 4. The summed E-state index contributed by atoms with van der Waals surface area (Å²) in [4.78, 5) is 37.4. The van der Waals surface area contributed by atoms with Gasteiger partial charge in [-0.3, -0.25) is 14.8 Å². The van der Waals surface area contributed by atoms with Crippen molar-refractivity contribution in [2.24, 2.45) is 11.8 Å². The molecule has 1 saturated carbocycles. The van der Waals surface area contributed by atoms with Gasteiger partial charge >= 0.3 is 5.97 Å². The van der Waals surface area contributed by atoms with Crippen LogP contribution in [0.4, 0.5) is 0 Å². The lowest BCUT2D eigenvalue weighted by molar-refractivity contribution is -0.154. The maximum Gasteiger partial charge on any atom is 0.333 e. The number of esters is 1. The quantitative estimate of drug-likeness (QED) is 0.282. The highest BCUT2D eigenvalue weighted by Gasteiger charge is 2.36. The number of hydrogen-bond acceptors (Lipinski definition) is 6. The zero-order valence-electron chi connectivity index (χ0n) is 16.8. The van der Waals surface area contributed by atoms with Gasteiger partial charge in [0.2, 0.25) is 5.91 Å². The molecule has 1 aromatic rings. The molecule has 0 radical (unpaired) electrons. The van der Waals surface area contributed by atoms with Crippen LogP contribution < -0.4 is 10.8 Å². The fourth-order valence-electron chi connectivity index (χ4n) is 3.55. The minimum atomic E-state index is -1.75. The van der Waals surface area contributed by atoms with Crippen LogP contribution in [0.25, 0.3) is 0 Å². The molecule has 8 nitrogen and oxygen atoms in total. The third-order valence-corrected chi connectivity index (χ3v) is 5.06. The Hall–Kier alpha value is -2.45. The van der Waals surface area contributed by atoms with Crippen LogP contribution in [-0.4, -0.2) is 40.3 Å². The molecule has 2 rings (SSSR count). The fraction of sp³-hybridized carbons (Fsp3) is 0.571. The van der Waals surface area contributed by atoms with Crippen molar-refractivity contribution in [2.75, 3.05) is 0 Å². The van der Waals surface area contributed by atoms with Crippen molar-refractivity contribution in [1.82, 2.24) is 10.8 Å². The van der Waals surface area contributed by atoms with Crippen molar-refractivity contribution in [1.29, 1.82) is 0 Å². The van der Waals surface area contributed by atoms with Crippen LogP contribution in [0.3, 0.4) is 0 Å². The molecule has 2 amide bonds. The highest BCUT2D eigenvalue weighted by Crippen LogP contribution is 2.25. The second-order valence-electron chi connectivity index (χ2n) is 7.85. The first-order valence-electron chi connectivity index (χ1n) is 10.0. The summed E-state index contributed by atoms with van der Waals surface area (Å²) in [6, 6.07) is 7.64. The molecule has 0 saturated heterocycles. The Morgan fingerprint density at radius 1 is 1.10 bits per heavy atom. The molecule has 8 heteroatoms. The number of rotatable bonds is 9. The zero-order valence-corrected chi connectivity index (χ0v) is 16.8. The molecule has 1 aliphatic carbocycles. The smallest absolute Gasteiger partial charge is 0.333 e. The number of carbonyl (C=O) groups excluding carboxylic acids is 3. The lowest BCUT2D eigenvalue weighted by Gasteiger charge is -2.26. The van der Waals surface area contributed by atoms with E-state index in [9.17, 15) is 19.5 Å². The Balaban J connectivity index is 2.21. The Bertz CT molecular complexity index is 688. The summed E-state index contributed by atoms with van der Waals surface area (Å²) in [5.74, 6) is -3.44. The highest BCUT2D eigenvalue weighted by atomic mass is 16.5. The summed E-state index contributed by atoms with van der Waals surface area (Å²) < 4.78 is 5.58. The molecule has 1 fully saturated rings. The van der Waals surface area contributed by atoms with Gasteiger partial charge in [-0.2, -0.15) is 0 Å². The molecule has 160 valence electrons. The maximum atomic E-state index is 12.9. The summed E-state index contributed by atoms with van der Waals surface area (Å²) in [5.41, 5.74) is 1.92. The predicted octanol–water partition coefficient (Wildman–Crippen LogP) is 1.86. The second kappa shape index (κ2) is 10.9. The highest BCUT2D eigenvalue weighted by molar-refractivity contribution is 5.91. The Labute approximate surface area is 170 Å². The van der Waals surface area contributed by atoms with Crippen LogP contribution in [-0.2, 0) is 19.1 Å². The van der Waals surface area contributed by atoms with Crippen molar-refractivity contribution < 1.29 is 29.4 Å². The van der Waals surface area contributed by atoms with Gasteiger partial charge in [-0.1, -0.05) is 44.2 Å². The molecule has 4 N–H and O–H groups in total. The van der Waals surface area contributed by atoms with Crippen molar-refractivity contribution in [3.05, 3.63) is 35.9 Å². The zero-order chi connectivity index (χ0) is 21.4. The van der Waals surface area contributed by atoms with E-state index in [1.807, 2.05) is 13.8 Å². The number of nitrogens with one attached hydrogen (secondary N) is 2. The number of carbonyl (C=O) groups is 3. The summed E-state index contributed by atoms with van der Waals surface area (Å²) >= 11 is 0. The van der Waals surface area contributed by atoms with E-state index in [4.69, 9.17) is 9.94 Å². The fourth-order valence-corrected chi connectivity index (χ4v) is 3.55. The van der Waals surface area contributed by atoms with Gasteiger partial charge in [0.15, 0.2) is 6.04 Å². The SMILES string of the molecule is CC(C)C[C@H](C(=O)N[C@@H](C(=O)OC1CCCC1)c1ccccc1)[C@H](O)C(=O)NO. The number of aliphatic hydroxyl groups is 1. The number of ether oxygens (including phenoxy) is 1. The molecular formula is C21H30N2O6. The van der Waals surface area contributed by atoms with Crippen molar-refractivity contribution in [3.8, 4) is 0 Å². The molecule has 0 unspecified atom stereocenters. The summed E-state index contributed by atoms with van der Waals surface area (Å²) in [6.07, 6.45) is 1.88. The first-order chi connectivity index (χ1) is 13.8. The van der Waals surface area contributed by atoms with Gasteiger partial charge < -0.3 is 15.2 Å². The van der Waals surface area contributed by atoms with Gasteiger partial charge in [-0.25, -0.2) is 10.3 Å². The molecule has 0 aromatic heterocycles. The van der Waals surface area contributed by atoms with E-state index in [0.29, 0.717) is 5.56 Å². The van der Waals surface area contributed by atoms with Gasteiger partial charge in [0.1, 0.15) is 12.2 Å². The van der Waals surface area contributed by atoms with E-state index < -0.39 is 35.8 Å². The first kappa shape index (κ1) is 22.8. The summed E-state index contributed by atoms with van der Waals surface area (Å²) in [6.45, 7) is 3.68. The number of aliphatic hydroxyl groups excluding tert-OH is 1. The molecular weight excluding hydrogens is 376 g/mol. The van der Waals surface area contributed by atoms with Crippen molar-refractivity contribution in [3.63, 3.8) is 0 Å². The molecule has 29 heavy (non-hydrogen) atoms. The van der Waals surface area contributed by atoms with E-state index >= 15 is 0 Å². The molecule has 3 atom stereocenters. The van der Waals surface area contributed by atoms with E-state index in [-0.39, 0.29) is 18.4 Å². The Morgan fingerprint density at radius 2 is 1.72 bits per heavy atom. The number of amides is 2. The van der Waals surface area contributed by atoms with Crippen LogP contribution in [0, 0.1) is 11.8 Å². The van der Waals surface area contributed by atoms with Gasteiger partial charge in [0.25, 0.3) is 5.91 Å². The van der Waals surface area contributed by atoms with Gasteiger partial charge in [-0.15, -0.1) is 0 Å². The van der Waals surface area contributed by atoms with Crippen LogP contribution in [0.5, 0.6) is 0 Å². The first-order valence-corrected chi connectivity index (χ1v) is 10.0. The molecule has 1 aromatic carbocycles. The van der Waals surface area contributed by atoms with E-state index in [1.54, 1.807) is 30.3 Å². The van der Waals surface area contributed by atoms with E-state index in [1.165, 1.54) is 5.48 Å². The third-order valence-electron chi connectivity index (χ3n) is 5.06. The van der Waals surface area contributed by atoms with Crippen LogP contribution >= 0.6 is 0 Å². The topological polar surface area (TPSA) is 125 Å². The van der Waals surface area contributed by atoms with E-state index in [2.05, 4.69) is 5.32 Å². The molecule has 0 heterocycles. The standard InChI is InChI=1S/C21H30N2O6/c1-13(2)12-16(18(24)20(26)23-28)19(25)22-17(14-8-4-3-5-9-14)21(27)29-15-10-6-7-11-15/h3-5,8-9,13,15-18,24,28H,6-7,10-12H2,1-2H3,(H,22,25)(H,23,26)/t16-,17+,18-/m0/s1. The lowest BCUT2D eigenvalue weighted by atomic mass is 9.90.